The molecule has 0 spiro atoms. The standard InChI is InChI=1S/C17H26O3/c1-3-4-5-6-7-8-9-12-20-16-11-10-15(14-18)17(13-16)19-2/h10-11,13-14H,3-9,12H2,1-2H3. The van der Waals surface area contributed by atoms with Crippen LogP contribution in [0.3, 0.4) is 0 Å². The van der Waals surface area contributed by atoms with E-state index in [0.717, 1.165) is 25.1 Å². The number of carbonyl (C=O) groups excluding carboxylic acids is 1. The summed E-state index contributed by atoms with van der Waals surface area (Å²) in [5.74, 6) is 1.33. The first kappa shape index (κ1) is 16.5. The van der Waals surface area contributed by atoms with Crippen LogP contribution in [0.4, 0.5) is 0 Å². The molecule has 0 heterocycles. The van der Waals surface area contributed by atoms with Gasteiger partial charge in [-0.25, -0.2) is 0 Å². The highest BCUT2D eigenvalue weighted by atomic mass is 16.5. The maximum atomic E-state index is 10.8. The van der Waals surface area contributed by atoms with Crippen LogP contribution in [0.1, 0.15) is 62.2 Å². The molecule has 0 radical (unpaired) electrons. The first-order valence-electron chi connectivity index (χ1n) is 7.57. The molecule has 20 heavy (non-hydrogen) atoms. The molecule has 1 aromatic rings. The fourth-order valence-corrected chi connectivity index (χ4v) is 2.13. The number of unbranched alkanes of at least 4 members (excludes halogenated alkanes) is 6. The van der Waals surface area contributed by atoms with Crippen LogP contribution >= 0.6 is 0 Å². The molecular weight excluding hydrogens is 252 g/mol. The van der Waals surface area contributed by atoms with Crippen LogP contribution in [0.2, 0.25) is 0 Å². The largest absolute Gasteiger partial charge is 0.496 e. The fraction of sp³-hybridized carbons (Fsp3) is 0.588. The number of rotatable bonds is 11. The van der Waals surface area contributed by atoms with Crippen molar-refractivity contribution in [1.29, 1.82) is 0 Å². The van der Waals surface area contributed by atoms with Crippen LogP contribution in [-0.2, 0) is 0 Å². The van der Waals surface area contributed by atoms with Crippen molar-refractivity contribution in [2.75, 3.05) is 13.7 Å². The van der Waals surface area contributed by atoms with E-state index in [-0.39, 0.29) is 0 Å². The van der Waals surface area contributed by atoms with Gasteiger partial charge < -0.3 is 9.47 Å². The van der Waals surface area contributed by atoms with Gasteiger partial charge in [-0.15, -0.1) is 0 Å². The summed E-state index contributed by atoms with van der Waals surface area (Å²) in [6.45, 7) is 2.95. The smallest absolute Gasteiger partial charge is 0.153 e. The molecule has 1 aromatic carbocycles. The van der Waals surface area contributed by atoms with Crippen molar-refractivity contribution in [3.05, 3.63) is 23.8 Å². The van der Waals surface area contributed by atoms with Gasteiger partial charge in [-0.3, -0.25) is 4.79 Å². The molecule has 0 amide bonds. The highest BCUT2D eigenvalue weighted by molar-refractivity contribution is 5.79. The molecule has 3 nitrogen and oxygen atoms in total. The second kappa shape index (κ2) is 10.3. The van der Waals surface area contributed by atoms with Crippen LogP contribution in [0.15, 0.2) is 18.2 Å². The predicted octanol–water partition coefficient (Wildman–Crippen LogP) is 4.64. The summed E-state index contributed by atoms with van der Waals surface area (Å²) in [4.78, 5) is 10.8. The van der Waals surface area contributed by atoms with Gasteiger partial charge in [0, 0.05) is 6.07 Å². The Balaban J connectivity index is 2.20. The average molecular weight is 278 g/mol. The fourth-order valence-electron chi connectivity index (χ4n) is 2.13. The second-order valence-corrected chi connectivity index (χ2v) is 4.99. The van der Waals surface area contributed by atoms with E-state index in [9.17, 15) is 4.79 Å². The van der Waals surface area contributed by atoms with Crippen LogP contribution in [-0.4, -0.2) is 20.0 Å². The molecule has 3 heteroatoms. The van der Waals surface area contributed by atoms with Crippen LogP contribution < -0.4 is 9.47 Å². The van der Waals surface area contributed by atoms with Gasteiger partial charge in [0.25, 0.3) is 0 Å². The highest BCUT2D eigenvalue weighted by Gasteiger charge is 2.03. The SMILES string of the molecule is CCCCCCCCCOc1ccc(C=O)c(OC)c1. The van der Waals surface area contributed by atoms with Crippen molar-refractivity contribution in [2.45, 2.75) is 51.9 Å². The molecule has 0 N–H and O–H groups in total. The van der Waals surface area contributed by atoms with Gasteiger partial charge in [0.2, 0.25) is 0 Å². The van der Waals surface area contributed by atoms with Crippen molar-refractivity contribution in [3.63, 3.8) is 0 Å². The normalized spacial score (nSPS) is 10.3. The lowest BCUT2D eigenvalue weighted by Gasteiger charge is -2.09. The molecular formula is C17H26O3. The monoisotopic (exact) mass is 278 g/mol. The van der Waals surface area contributed by atoms with Crippen LogP contribution in [0.5, 0.6) is 11.5 Å². The van der Waals surface area contributed by atoms with Crippen molar-refractivity contribution >= 4 is 6.29 Å². The Bertz CT molecular complexity index is 388. The zero-order valence-electron chi connectivity index (χ0n) is 12.7. The van der Waals surface area contributed by atoms with Crippen molar-refractivity contribution in [1.82, 2.24) is 0 Å². The molecule has 0 aliphatic carbocycles. The van der Waals surface area contributed by atoms with Gasteiger partial charge in [0.15, 0.2) is 6.29 Å². The topological polar surface area (TPSA) is 35.5 Å². The number of aldehydes is 1. The Kier molecular flexibility index (Phi) is 8.52. The zero-order valence-corrected chi connectivity index (χ0v) is 12.7. The summed E-state index contributed by atoms with van der Waals surface area (Å²) in [5, 5.41) is 0. The minimum Gasteiger partial charge on any atom is -0.496 e. The summed E-state index contributed by atoms with van der Waals surface area (Å²) in [5.41, 5.74) is 0.552. The lowest BCUT2D eigenvalue weighted by molar-refractivity contribution is 0.112. The van der Waals surface area contributed by atoms with Gasteiger partial charge in [-0.05, 0) is 18.6 Å². The molecule has 0 fully saturated rings. The minimum atomic E-state index is 0.552. The Labute approximate surface area is 122 Å². The summed E-state index contributed by atoms with van der Waals surface area (Å²) in [6, 6.07) is 5.31. The van der Waals surface area contributed by atoms with Gasteiger partial charge in [-0.2, -0.15) is 0 Å². The Morgan fingerprint density at radius 2 is 1.75 bits per heavy atom. The molecule has 0 saturated heterocycles. The Morgan fingerprint density at radius 3 is 2.40 bits per heavy atom. The van der Waals surface area contributed by atoms with Gasteiger partial charge in [-0.1, -0.05) is 45.4 Å². The number of benzene rings is 1. The summed E-state index contributed by atoms with van der Waals surface area (Å²) >= 11 is 0. The first-order chi connectivity index (χ1) is 9.81. The van der Waals surface area contributed by atoms with Crippen molar-refractivity contribution in [3.8, 4) is 11.5 Å². The summed E-state index contributed by atoms with van der Waals surface area (Å²) in [7, 11) is 1.56. The molecule has 0 aromatic heterocycles. The zero-order chi connectivity index (χ0) is 14.6. The van der Waals surface area contributed by atoms with E-state index in [0.29, 0.717) is 11.3 Å². The van der Waals surface area contributed by atoms with E-state index in [2.05, 4.69) is 6.92 Å². The van der Waals surface area contributed by atoms with Crippen LogP contribution in [0, 0.1) is 0 Å². The number of hydrogen-bond acceptors (Lipinski definition) is 3. The van der Waals surface area contributed by atoms with E-state index in [4.69, 9.17) is 9.47 Å². The number of carbonyl (C=O) groups is 1. The summed E-state index contributed by atoms with van der Waals surface area (Å²) in [6.07, 6.45) is 9.69. The number of hydrogen-bond donors (Lipinski definition) is 0. The second-order valence-electron chi connectivity index (χ2n) is 4.99. The maximum Gasteiger partial charge on any atom is 0.153 e. The van der Waals surface area contributed by atoms with Gasteiger partial charge in [0.1, 0.15) is 11.5 Å². The van der Waals surface area contributed by atoms with Crippen molar-refractivity contribution in [2.24, 2.45) is 0 Å². The first-order valence-corrected chi connectivity index (χ1v) is 7.57. The number of methoxy groups -OCH3 is 1. The average Bonchev–Trinajstić information content (AvgIpc) is 2.49. The highest BCUT2D eigenvalue weighted by Crippen LogP contribution is 2.23. The van der Waals surface area contributed by atoms with E-state index in [1.807, 2.05) is 6.07 Å². The molecule has 0 saturated carbocycles. The molecule has 1 rings (SSSR count). The van der Waals surface area contributed by atoms with Crippen LogP contribution in [0.25, 0.3) is 0 Å². The number of ether oxygens (including phenoxy) is 2. The molecule has 0 aliphatic rings. The van der Waals surface area contributed by atoms with E-state index >= 15 is 0 Å². The molecule has 0 atom stereocenters. The van der Waals surface area contributed by atoms with Crippen molar-refractivity contribution < 1.29 is 14.3 Å². The van der Waals surface area contributed by atoms with E-state index in [1.54, 1.807) is 19.2 Å². The lowest BCUT2D eigenvalue weighted by atomic mass is 10.1. The van der Waals surface area contributed by atoms with E-state index in [1.165, 1.54) is 38.5 Å². The Hall–Kier alpha value is -1.51. The quantitative estimate of drug-likeness (QED) is 0.437. The third kappa shape index (κ3) is 6.09. The summed E-state index contributed by atoms with van der Waals surface area (Å²) < 4.78 is 10.8. The Morgan fingerprint density at radius 1 is 1.05 bits per heavy atom. The third-order valence-corrected chi connectivity index (χ3v) is 3.35. The minimum absolute atomic E-state index is 0.552. The van der Waals surface area contributed by atoms with Gasteiger partial charge in [0.05, 0.1) is 19.3 Å². The lowest BCUT2D eigenvalue weighted by Crippen LogP contribution is -1.98. The maximum absolute atomic E-state index is 10.8. The predicted molar refractivity (Wildman–Crippen MR) is 81.9 cm³/mol. The molecule has 0 unspecified atom stereocenters. The van der Waals surface area contributed by atoms with E-state index < -0.39 is 0 Å². The molecule has 0 aliphatic heterocycles. The molecule has 0 bridgehead atoms. The molecule has 112 valence electrons. The third-order valence-electron chi connectivity index (χ3n) is 3.35. The van der Waals surface area contributed by atoms with Gasteiger partial charge >= 0.3 is 0 Å².